The highest BCUT2D eigenvalue weighted by Crippen LogP contribution is 2.29. The van der Waals surface area contributed by atoms with Gasteiger partial charge in [0.05, 0.1) is 0 Å². The highest BCUT2D eigenvalue weighted by molar-refractivity contribution is 5.86. The third-order valence-electron chi connectivity index (χ3n) is 3.51. The molecule has 0 N–H and O–H groups in total. The minimum absolute atomic E-state index is 0.170. The molecule has 0 radical (unpaired) electrons. The van der Waals surface area contributed by atoms with Crippen LogP contribution in [-0.2, 0) is 9.59 Å². The Morgan fingerprint density at radius 1 is 0.778 bits per heavy atom. The van der Waals surface area contributed by atoms with Gasteiger partial charge in [-0.15, -0.1) is 0 Å². The lowest BCUT2D eigenvalue weighted by Crippen LogP contribution is -2.29. The largest absolute Gasteiger partial charge is 0.299 e. The van der Waals surface area contributed by atoms with Crippen molar-refractivity contribution in [2.24, 2.45) is 22.7 Å². The second-order valence-electron chi connectivity index (χ2n) is 7.76. The maximum Gasteiger partial charge on any atom is 0.138 e. The number of carbonyl (C=O) groups is 2. The minimum Gasteiger partial charge on any atom is -0.299 e. The van der Waals surface area contributed by atoms with Crippen LogP contribution in [0.25, 0.3) is 0 Å². The van der Waals surface area contributed by atoms with E-state index in [9.17, 15) is 9.59 Å². The van der Waals surface area contributed by atoms with Crippen molar-refractivity contribution in [2.45, 2.75) is 68.2 Å². The summed E-state index contributed by atoms with van der Waals surface area (Å²) in [6.07, 6.45) is 1.03. The van der Waals surface area contributed by atoms with E-state index >= 15 is 0 Å². The van der Waals surface area contributed by atoms with Gasteiger partial charge in [0.1, 0.15) is 11.6 Å². The third-order valence-corrected chi connectivity index (χ3v) is 3.51. The van der Waals surface area contributed by atoms with Crippen molar-refractivity contribution in [3.05, 3.63) is 0 Å². The molecule has 0 saturated heterocycles. The highest BCUT2D eigenvalue weighted by atomic mass is 16.1. The van der Waals surface area contributed by atoms with Gasteiger partial charge in [-0.05, 0) is 11.8 Å². The van der Waals surface area contributed by atoms with Gasteiger partial charge in [-0.1, -0.05) is 55.4 Å². The second-order valence-corrected chi connectivity index (χ2v) is 7.76. The van der Waals surface area contributed by atoms with E-state index in [-0.39, 0.29) is 28.3 Å². The molecule has 0 unspecified atom stereocenters. The Balaban J connectivity index is 4.71. The van der Waals surface area contributed by atoms with E-state index in [1.54, 1.807) is 0 Å². The SMILES string of the molecule is CC(C)C(CC(=O)C(C)(C)C)CC(=O)C(C)(C)C. The van der Waals surface area contributed by atoms with Crippen LogP contribution in [-0.4, -0.2) is 11.6 Å². The summed E-state index contributed by atoms with van der Waals surface area (Å²) in [6, 6.07) is 0. The van der Waals surface area contributed by atoms with Gasteiger partial charge >= 0.3 is 0 Å². The molecule has 0 aromatic heterocycles. The minimum atomic E-state index is -0.308. The highest BCUT2D eigenvalue weighted by Gasteiger charge is 2.30. The van der Waals surface area contributed by atoms with Crippen molar-refractivity contribution in [3.8, 4) is 0 Å². The second kappa shape index (κ2) is 5.99. The normalized spacial score (nSPS) is 13.2. The van der Waals surface area contributed by atoms with E-state index in [1.807, 2.05) is 41.5 Å². The van der Waals surface area contributed by atoms with Gasteiger partial charge in [0.15, 0.2) is 0 Å². The van der Waals surface area contributed by atoms with E-state index < -0.39 is 0 Å². The van der Waals surface area contributed by atoms with Crippen molar-refractivity contribution >= 4 is 11.6 Å². The van der Waals surface area contributed by atoms with E-state index in [1.165, 1.54) is 0 Å². The standard InChI is InChI=1S/C16H30O2/c1-11(2)12(9-13(17)15(3,4)5)10-14(18)16(6,7)8/h11-12H,9-10H2,1-8H3. The zero-order valence-electron chi connectivity index (χ0n) is 13.4. The van der Waals surface area contributed by atoms with Crippen molar-refractivity contribution < 1.29 is 9.59 Å². The van der Waals surface area contributed by atoms with E-state index in [4.69, 9.17) is 0 Å². The molecule has 0 spiro atoms. The summed E-state index contributed by atoms with van der Waals surface area (Å²) in [6.45, 7) is 15.8. The summed E-state index contributed by atoms with van der Waals surface area (Å²) >= 11 is 0. The molecule has 0 aromatic carbocycles. The first-order valence-electron chi connectivity index (χ1n) is 6.92. The average Bonchev–Trinajstić information content (AvgIpc) is 2.12. The lowest BCUT2D eigenvalue weighted by molar-refractivity contribution is -0.130. The van der Waals surface area contributed by atoms with Crippen LogP contribution in [0.3, 0.4) is 0 Å². The molecule has 0 heterocycles. The molecule has 0 aromatic rings. The smallest absolute Gasteiger partial charge is 0.138 e. The molecule has 18 heavy (non-hydrogen) atoms. The summed E-state index contributed by atoms with van der Waals surface area (Å²) in [5, 5.41) is 0. The number of hydrogen-bond donors (Lipinski definition) is 0. The molecule has 0 amide bonds. The van der Waals surface area contributed by atoms with E-state index in [2.05, 4.69) is 13.8 Å². The molecule has 0 aliphatic rings. The van der Waals surface area contributed by atoms with E-state index in [0.717, 1.165) is 0 Å². The summed E-state index contributed by atoms with van der Waals surface area (Å²) in [5.74, 6) is 1.04. The van der Waals surface area contributed by atoms with Crippen LogP contribution in [0.1, 0.15) is 68.2 Å². The number of hydrogen-bond acceptors (Lipinski definition) is 2. The molecule has 106 valence electrons. The maximum atomic E-state index is 12.1. The first-order valence-corrected chi connectivity index (χ1v) is 6.92. The van der Waals surface area contributed by atoms with Gasteiger partial charge in [-0.3, -0.25) is 9.59 Å². The van der Waals surface area contributed by atoms with Crippen LogP contribution >= 0.6 is 0 Å². The molecule has 0 saturated carbocycles. The quantitative estimate of drug-likeness (QED) is 0.734. The molecule has 0 aliphatic carbocycles. The average molecular weight is 254 g/mol. The molecule has 0 aliphatic heterocycles. The number of ketones is 2. The topological polar surface area (TPSA) is 34.1 Å². The fraction of sp³-hybridized carbons (Fsp3) is 0.875. The number of rotatable bonds is 5. The lowest BCUT2D eigenvalue weighted by atomic mass is 9.76. The van der Waals surface area contributed by atoms with Crippen LogP contribution in [0.5, 0.6) is 0 Å². The molecule has 0 rings (SSSR count). The van der Waals surface area contributed by atoms with Crippen LogP contribution in [0.15, 0.2) is 0 Å². The van der Waals surface area contributed by atoms with Crippen molar-refractivity contribution in [1.29, 1.82) is 0 Å². The van der Waals surface area contributed by atoms with Crippen molar-refractivity contribution in [2.75, 3.05) is 0 Å². The Labute approximate surface area is 113 Å². The first-order chi connectivity index (χ1) is 7.85. The Bertz CT molecular complexity index is 272. The predicted octanol–water partition coefficient (Wildman–Crippen LogP) is 4.27. The molecule has 0 bridgehead atoms. The first kappa shape index (κ1) is 17.3. The van der Waals surface area contributed by atoms with Crippen molar-refractivity contribution in [1.82, 2.24) is 0 Å². The monoisotopic (exact) mass is 254 g/mol. The maximum absolute atomic E-state index is 12.1. The van der Waals surface area contributed by atoms with Gasteiger partial charge in [-0.2, -0.15) is 0 Å². The van der Waals surface area contributed by atoms with Crippen LogP contribution in [0.4, 0.5) is 0 Å². The summed E-state index contributed by atoms with van der Waals surface area (Å²) in [7, 11) is 0. The molecular weight excluding hydrogens is 224 g/mol. The molecule has 2 nitrogen and oxygen atoms in total. The number of carbonyl (C=O) groups excluding carboxylic acids is 2. The van der Waals surface area contributed by atoms with Crippen LogP contribution in [0, 0.1) is 22.7 Å². The van der Waals surface area contributed by atoms with E-state index in [0.29, 0.717) is 18.8 Å². The molecule has 0 atom stereocenters. The van der Waals surface area contributed by atoms with Gasteiger partial charge in [0.25, 0.3) is 0 Å². The predicted molar refractivity (Wildman–Crippen MR) is 76.5 cm³/mol. The summed E-state index contributed by atoms with van der Waals surface area (Å²) in [5.41, 5.74) is -0.615. The number of Topliss-reactive ketones (excluding diaryl/α,β-unsaturated/α-hetero) is 2. The summed E-state index contributed by atoms with van der Waals surface area (Å²) < 4.78 is 0. The Morgan fingerprint density at radius 2 is 1.06 bits per heavy atom. The lowest BCUT2D eigenvalue weighted by Gasteiger charge is -2.27. The Kier molecular flexibility index (Phi) is 5.77. The van der Waals surface area contributed by atoms with Gasteiger partial charge in [0.2, 0.25) is 0 Å². The third kappa shape index (κ3) is 5.79. The van der Waals surface area contributed by atoms with Gasteiger partial charge in [-0.25, -0.2) is 0 Å². The van der Waals surface area contributed by atoms with Crippen molar-refractivity contribution in [3.63, 3.8) is 0 Å². The van der Waals surface area contributed by atoms with Gasteiger partial charge in [0, 0.05) is 23.7 Å². The molecule has 2 heteroatoms. The van der Waals surface area contributed by atoms with Crippen LogP contribution in [0.2, 0.25) is 0 Å². The van der Waals surface area contributed by atoms with Gasteiger partial charge < -0.3 is 0 Å². The fourth-order valence-electron chi connectivity index (χ4n) is 1.63. The molecule has 0 fully saturated rings. The Morgan fingerprint density at radius 3 is 1.22 bits per heavy atom. The fourth-order valence-corrected chi connectivity index (χ4v) is 1.63. The Hall–Kier alpha value is -0.660. The zero-order valence-corrected chi connectivity index (χ0v) is 13.4. The van der Waals surface area contributed by atoms with Crippen LogP contribution < -0.4 is 0 Å². The molecular formula is C16H30O2. The summed E-state index contributed by atoms with van der Waals surface area (Å²) in [4.78, 5) is 24.2. The zero-order chi connectivity index (χ0) is 14.7.